The van der Waals surface area contributed by atoms with Crippen molar-refractivity contribution in [2.75, 3.05) is 18.1 Å². The van der Waals surface area contributed by atoms with E-state index < -0.39 is 9.84 Å². The van der Waals surface area contributed by atoms with Crippen LogP contribution < -0.4 is 0 Å². The zero-order valence-corrected chi connectivity index (χ0v) is 16.1. The molecular weight excluding hydrogens is 368 g/mol. The van der Waals surface area contributed by atoms with Crippen molar-refractivity contribution in [1.29, 1.82) is 0 Å². The zero-order chi connectivity index (χ0) is 17.5. The van der Waals surface area contributed by atoms with E-state index in [0.29, 0.717) is 34.5 Å². The molecule has 5 nitrogen and oxygen atoms in total. The first-order chi connectivity index (χ1) is 11.2. The fraction of sp³-hybridized carbons (Fsp3) is 0.562. The summed E-state index contributed by atoms with van der Waals surface area (Å²) < 4.78 is 31.3. The summed E-state index contributed by atoms with van der Waals surface area (Å²) >= 11 is 11.4. The molecule has 1 unspecified atom stereocenters. The summed E-state index contributed by atoms with van der Waals surface area (Å²) in [6.45, 7) is 5.58. The lowest BCUT2D eigenvalue weighted by Gasteiger charge is -2.29. The van der Waals surface area contributed by atoms with Gasteiger partial charge in [0, 0.05) is 23.7 Å². The first-order valence-electron chi connectivity index (χ1n) is 7.98. The van der Waals surface area contributed by atoms with Gasteiger partial charge in [-0.1, -0.05) is 25.4 Å². The van der Waals surface area contributed by atoms with Crippen LogP contribution in [-0.2, 0) is 16.5 Å². The second-order valence-electron chi connectivity index (χ2n) is 6.77. The molecule has 2 heterocycles. The molecule has 3 rings (SSSR count). The first-order valence-corrected chi connectivity index (χ1v) is 10.6. The Labute approximate surface area is 152 Å². The number of hydrogen-bond acceptors (Lipinski definition) is 5. The SMILES string of the molecule is CC(C)CN(Cn1c(=S)oc2cc(Cl)ccc21)C1CCS(=O)(=O)C1. The topological polar surface area (TPSA) is 55.5 Å². The number of oxazole rings is 1. The van der Waals surface area contributed by atoms with Gasteiger partial charge in [-0.3, -0.25) is 9.47 Å². The third-order valence-electron chi connectivity index (χ3n) is 4.28. The van der Waals surface area contributed by atoms with E-state index in [4.69, 9.17) is 28.2 Å². The highest BCUT2D eigenvalue weighted by Gasteiger charge is 2.32. The summed E-state index contributed by atoms with van der Waals surface area (Å²) in [6.07, 6.45) is 0.671. The minimum absolute atomic E-state index is 0.0246. The van der Waals surface area contributed by atoms with Gasteiger partial charge in [-0.15, -0.1) is 0 Å². The molecule has 8 heteroatoms. The van der Waals surface area contributed by atoms with Gasteiger partial charge in [0.15, 0.2) is 15.4 Å². The number of sulfone groups is 1. The smallest absolute Gasteiger partial charge is 0.270 e. The molecule has 1 aliphatic heterocycles. The van der Waals surface area contributed by atoms with Crippen LogP contribution in [0.25, 0.3) is 11.1 Å². The van der Waals surface area contributed by atoms with Crippen LogP contribution >= 0.6 is 23.8 Å². The lowest BCUT2D eigenvalue weighted by molar-refractivity contribution is 0.145. The number of fused-ring (bicyclic) bond motifs is 1. The van der Waals surface area contributed by atoms with Gasteiger partial charge in [-0.05, 0) is 36.7 Å². The molecule has 1 aliphatic rings. The predicted molar refractivity (Wildman–Crippen MR) is 98.7 cm³/mol. The standard InChI is InChI=1S/C16H21ClN2O3S2/c1-11(2)8-18(13-5-6-24(20,21)9-13)10-19-14-4-3-12(17)7-15(14)22-16(19)23/h3-4,7,11,13H,5-6,8-10H2,1-2H3. The summed E-state index contributed by atoms with van der Waals surface area (Å²) in [5, 5.41) is 0.597. The van der Waals surface area contributed by atoms with E-state index in [1.165, 1.54) is 0 Å². The number of hydrogen-bond donors (Lipinski definition) is 0. The molecule has 1 fully saturated rings. The van der Waals surface area contributed by atoms with Crippen molar-refractivity contribution in [2.45, 2.75) is 33.0 Å². The van der Waals surface area contributed by atoms with E-state index in [9.17, 15) is 8.42 Å². The molecule has 132 valence electrons. The van der Waals surface area contributed by atoms with Crippen molar-refractivity contribution in [3.05, 3.63) is 28.1 Å². The van der Waals surface area contributed by atoms with E-state index >= 15 is 0 Å². The van der Waals surface area contributed by atoms with Crippen LogP contribution in [0.3, 0.4) is 0 Å². The molecule has 24 heavy (non-hydrogen) atoms. The van der Waals surface area contributed by atoms with Crippen molar-refractivity contribution < 1.29 is 12.8 Å². The van der Waals surface area contributed by atoms with Crippen LogP contribution in [0.2, 0.25) is 5.02 Å². The molecule has 1 saturated heterocycles. The number of benzene rings is 1. The van der Waals surface area contributed by atoms with Crippen LogP contribution in [0.1, 0.15) is 20.3 Å². The van der Waals surface area contributed by atoms with Crippen molar-refractivity contribution in [3.63, 3.8) is 0 Å². The van der Waals surface area contributed by atoms with Crippen molar-refractivity contribution >= 4 is 44.8 Å². The maximum Gasteiger partial charge on any atom is 0.270 e. The summed E-state index contributed by atoms with van der Waals surface area (Å²) in [5.74, 6) is 0.906. The third-order valence-corrected chi connectivity index (χ3v) is 6.57. The number of aromatic nitrogens is 1. The fourth-order valence-corrected chi connectivity index (χ4v) is 5.38. The second-order valence-corrected chi connectivity index (χ2v) is 9.79. The molecule has 1 aromatic heterocycles. The predicted octanol–water partition coefficient (Wildman–Crippen LogP) is 3.72. The van der Waals surface area contributed by atoms with E-state index in [1.807, 2.05) is 10.6 Å². The van der Waals surface area contributed by atoms with Gasteiger partial charge in [0.1, 0.15) is 0 Å². The highest BCUT2D eigenvalue weighted by atomic mass is 35.5. The summed E-state index contributed by atoms with van der Waals surface area (Å²) in [5.41, 5.74) is 1.52. The highest BCUT2D eigenvalue weighted by molar-refractivity contribution is 7.91. The van der Waals surface area contributed by atoms with Gasteiger partial charge in [0.05, 0.1) is 23.7 Å². The van der Waals surface area contributed by atoms with Crippen LogP contribution in [-0.4, -0.2) is 42.0 Å². The highest BCUT2D eigenvalue weighted by Crippen LogP contribution is 2.25. The molecule has 0 aliphatic carbocycles. The Kier molecular flexibility index (Phi) is 5.06. The van der Waals surface area contributed by atoms with Gasteiger partial charge in [0.2, 0.25) is 0 Å². The van der Waals surface area contributed by atoms with Crippen LogP contribution in [0.5, 0.6) is 0 Å². The monoisotopic (exact) mass is 388 g/mol. The Bertz CT molecular complexity index is 902. The zero-order valence-electron chi connectivity index (χ0n) is 13.7. The van der Waals surface area contributed by atoms with Gasteiger partial charge >= 0.3 is 0 Å². The molecule has 0 radical (unpaired) electrons. The largest absolute Gasteiger partial charge is 0.429 e. The van der Waals surface area contributed by atoms with E-state index in [2.05, 4.69) is 18.7 Å². The molecular formula is C16H21ClN2O3S2. The van der Waals surface area contributed by atoms with Crippen molar-refractivity contribution in [2.24, 2.45) is 5.92 Å². The van der Waals surface area contributed by atoms with Crippen LogP contribution in [0.15, 0.2) is 22.6 Å². The minimum atomic E-state index is -2.93. The second kappa shape index (κ2) is 6.78. The Balaban J connectivity index is 1.93. The maximum atomic E-state index is 11.9. The van der Waals surface area contributed by atoms with Gasteiger partial charge in [-0.25, -0.2) is 8.42 Å². The van der Waals surface area contributed by atoms with Gasteiger partial charge in [0.25, 0.3) is 4.84 Å². The Morgan fingerprint density at radius 3 is 2.83 bits per heavy atom. The lowest BCUT2D eigenvalue weighted by atomic mass is 10.1. The average molecular weight is 389 g/mol. The Morgan fingerprint density at radius 2 is 2.21 bits per heavy atom. The minimum Gasteiger partial charge on any atom is -0.429 e. The summed E-state index contributed by atoms with van der Waals surface area (Å²) in [6, 6.07) is 5.46. The molecule has 0 spiro atoms. The van der Waals surface area contributed by atoms with E-state index in [1.54, 1.807) is 12.1 Å². The third kappa shape index (κ3) is 3.85. The van der Waals surface area contributed by atoms with Crippen LogP contribution in [0, 0.1) is 10.8 Å². The quantitative estimate of drug-likeness (QED) is 0.730. The number of halogens is 1. The Morgan fingerprint density at radius 1 is 1.46 bits per heavy atom. The average Bonchev–Trinajstić information content (AvgIpc) is 2.97. The molecule has 1 atom stereocenters. The summed E-state index contributed by atoms with van der Waals surface area (Å²) in [7, 11) is -2.93. The fourth-order valence-electron chi connectivity index (χ4n) is 3.21. The molecule has 2 aromatic rings. The number of rotatable bonds is 5. The first kappa shape index (κ1) is 17.9. The van der Waals surface area contributed by atoms with E-state index in [-0.39, 0.29) is 17.5 Å². The maximum absolute atomic E-state index is 11.9. The molecule has 1 aromatic carbocycles. The van der Waals surface area contributed by atoms with Gasteiger partial charge in [-0.2, -0.15) is 0 Å². The van der Waals surface area contributed by atoms with E-state index in [0.717, 1.165) is 12.1 Å². The van der Waals surface area contributed by atoms with Crippen LogP contribution in [0.4, 0.5) is 0 Å². The van der Waals surface area contributed by atoms with Gasteiger partial charge < -0.3 is 4.42 Å². The summed E-state index contributed by atoms with van der Waals surface area (Å²) in [4.78, 5) is 2.58. The van der Waals surface area contributed by atoms with Crippen molar-refractivity contribution in [3.8, 4) is 0 Å². The normalized spacial score (nSPS) is 20.5. The van der Waals surface area contributed by atoms with Crippen molar-refractivity contribution in [1.82, 2.24) is 9.47 Å². The Hall–Kier alpha value is -0.890. The molecule has 0 bridgehead atoms. The lowest BCUT2D eigenvalue weighted by Crippen LogP contribution is -2.40. The molecule has 0 amide bonds. The molecule has 0 saturated carbocycles. The number of nitrogens with zero attached hydrogens (tertiary/aromatic N) is 2. The molecule has 0 N–H and O–H groups in total.